The molecule has 3 N–H and O–H groups in total. The van der Waals surface area contributed by atoms with Crippen LogP contribution in [0.3, 0.4) is 0 Å². The van der Waals surface area contributed by atoms with Crippen LogP contribution in [0.25, 0.3) is 0 Å². The molecule has 0 aromatic heterocycles. The lowest BCUT2D eigenvalue weighted by Crippen LogP contribution is -2.18. The maximum absolute atomic E-state index is 12.4. The number of amides is 1. The molecule has 0 saturated heterocycles. The average Bonchev–Trinajstić information content (AvgIpc) is 2.69. The van der Waals surface area contributed by atoms with Crippen molar-refractivity contribution in [3.63, 3.8) is 0 Å². The van der Waals surface area contributed by atoms with Crippen LogP contribution in [0.15, 0.2) is 54.6 Å². The lowest BCUT2D eigenvalue weighted by Gasteiger charge is -2.20. The second-order valence-electron chi connectivity index (χ2n) is 6.53. The first kappa shape index (κ1) is 23.4. The van der Waals surface area contributed by atoms with Gasteiger partial charge in [-0.3, -0.25) is 10.1 Å². The molecule has 1 amide bonds. The van der Waals surface area contributed by atoms with Gasteiger partial charge in [-0.25, -0.2) is 9.59 Å². The van der Waals surface area contributed by atoms with Crippen LogP contribution in [-0.2, 0) is 9.53 Å². The molecule has 0 aliphatic heterocycles. The zero-order valence-corrected chi connectivity index (χ0v) is 18.5. The highest BCUT2D eigenvalue weighted by molar-refractivity contribution is 14.1. The first-order valence-corrected chi connectivity index (χ1v) is 10.3. The number of phenolic OH excluding ortho intramolecular Hbond substituents is 1. The number of carboxylic acids is 1. The second kappa shape index (κ2) is 11.3. The molecule has 2 aromatic carbocycles. The topological polar surface area (TPSA) is 113 Å². The van der Waals surface area contributed by atoms with Gasteiger partial charge in [0.05, 0.1) is 0 Å². The number of ketones is 1. The summed E-state index contributed by atoms with van der Waals surface area (Å²) in [6.45, 7) is 1.46. The number of nitrogens with one attached hydrogen (secondary N) is 1. The van der Waals surface area contributed by atoms with Crippen molar-refractivity contribution in [2.24, 2.45) is 0 Å². The first-order chi connectivity index (χ1) is 14.3. The van der Waals surface area contributed by atoms with Crippen molar-refractivity contribution in [1.29, 1.82) is 0 Å². The summed E-state index contributed by atoms with van der Waals surface area (Å²) in [5, 5.41) is 21.5. The number of unbranched alkanes of at least 4 members (excludes halogenated alkanes) is 1. The summed E-state index contributed by atoms with van der Waals surface area (Å²) in [4.78, 5) is 34.3. The summed E-state index contributed by atoms with van der Waals surface area (Å²) in [7, 11) is 0. The van der Waals surface area contributed by atoms with Gasteiger partial charge < -0.3 is 14.9 Å². The third-order valence-electron chi connectivity index (χ3n) is 4.22. The van der Waals surface area contributed by atoms with E-state index in [1.807, 2.05) is 0 Å². The molecule has 0 heterocycles. The Morgan fingerprint density at radius 2 is 1.87 bits per heavy atom. The van der Waals surface area contributed by atoms with Crippen molar-refractivity contribution in [3.05, 3.63) is 69.3 Å². The SMILES string of the molecule is CC(=O)c1ccc(NC(=O)O[C@H](CCC/C=C/C(=O)O)c2cc(I)ccc2O)cc1. The van der Waals surface area contributed by atoms with Crippen molar-refractivity contribution in [3.8, 4) is 5.75 Å². The zero-order valence-electron chi connectivity index (χ0n) is 16.3. The van der Waals surface area contributed by atoms with Crippen LogP contribution < -0.4 is 5.32 Å². The van der Waals surface area contributed by atoms with Gasteiger partial charge in [0.1, 0.15) is 11.9 Å². The van der Waals surface area contributed by atoms with E-state index in [9.17, 15) is 19.5 Å². The van der Waals surface area contributed by atoms with E-state index in [2.05, 4.69) is 27.9 Å². The van der Waals surface area contributed by atoms with Crippen LogP contribution in [0, 0.1) is 3.57 Å². The number of allylic oxidation sites excluding steroid dienone is 1. The number of Topliss-reactive ketones (excluding diaryl/α,β-unsaturated/α-hetero) is 1. The molecule has 0 aliphatic carbocycles. The number of ether oxygens (including phenoxy) is 1. The maximum Gasteiger partial charge on any atom is 0.412 e. The molecule has 30 heavy (non-hydrogen) atoms. The second-order valence-corrected chi connectivity index (χ2v) is 7.77. The van der Waals surface area contributed by atoms with Gasteiger partial charge in [-0.1, -0.05) is 6.08 Å². The minimum absolute atomic E-state index is 0.0140. The van der Waals surface area contributed by atoms with Gasteiger partial charge in [-0.2, -0.15) is 0 Å². The average molecular weight is 523 g/mol. The normalized spacial score (nSPS) is 11.8. The van der Waals surface area contributed by atoms with Gasteiger partial charge >= 0.3 is 12.1 Å². The summed E-state index contributed by atoms with van der Waals surface area (Å²) in [6.07, 6.45) is 2.63. The van der Waals surface area contributed by atoms with Crippen LogP contribution >= 0.6 is 22.6 Å². The largest absolute Gasteiger partial charge is 0.508 e. The molecule has 7 nitrogen and oxygen atoms in total. The van der Waals surface area contributed by atoms with E-state index >= 15 is 0 Å². The Morgan fingerprint density at radius 3 is 2.50 bits per heavy atom. The fourth-order valence-electron chi connectivity index (χ4n) is 2.73. The van der Waals surface area contributed by atoms with Crippen molar-refractivity contribution in [2.45, 2.75) is 32.3 Å². The Kier molecular flexibility index (Phi) is 8.85. The molecule has 0 bridgehead atoms. The minimum Gasteiger partial charge on any atom is -0.508 e. The fraction of sp³-hybridized carbons (Fsp3) is 0.227. The third kappa shape index (κ3) is 7.51. The number of phenols is 1. The van der Waals surface area contributed by atoms with E-state index in [-0.39, 0.29) is 11.5 Å². The molecule has 0 fully saturated rings. The Balaban J connectivity index is 2.09. The van der Waals surface area contributed by atoms with Crippen molar-refractivity contribution < 1.29 is 29.3 Å². The van der Waals surface area contributed by atoms with Gasteiger partial charge in [0.25, 0.3) is 0 Å². The lowest BCUT2D eigenvalue weighted by molar-refractivity contribution is -0.131. The summed E-state index contributed by atoms with van der Waals surface area (Å²) in [6, 6.07) is 11.4. The van der Waals surface area contributed by atoms with Gasteiger partial charge in [-0.15, -0.1) is 0 Å². The van der Waals surface area contributed by atoms with Crippen LogP contribution in [0.2, 0.25) is 0 Å². The number of halogens is 1. The molecule has 1 atom stereocenters. The Morgan fingerprint density at radius 1 is 1.17 bits per heavy atom. The van der Waals surface area contributed by atoms with Crippen molar-refractivity contribution in [1.82, 2.24) is 0 Å². The quantitative estimate of drug-likeness (QED) is 0.178. The number of aromatic hydroxyl groups is 1. The number of carboxylic acid groups (broad SMARTS) is 1. The fourth-order valence-corrected chi connectivity index (χ4v) is 3.25. The number of rotatable bonds is 9. The molecule has 0 radical (unpaired) electrons. The van der Waals surface area contributed by atoms with Gasteiger partial charge in [-0.05, 0) is 91.2 Å². The minimum atomic E-state index is -1.02. The summed E-state index contributed by atoms with van der Waals surface area (Å²) in [5.41, 5.74) is 1.48. The standard InChI is InChI=1S/C22H22INO6/c1-14(25)15-7-10-17(11-8-15)24-22(29)30-20(5-3-2-4-6-21(27)28)18-13-16(23)9-12-19(18)26/h4,6-13,20,26H,2-3,5H2,1H3,(H,24,29)(H,27,28)/b6-4+/t20-/m1/s1. The Bertz CT molecular complexity index is 939. The molecule has 0 unspecified atom stereocenters. The summed E-state index contributed by atoms with van der Waals surface area (Å²) >= 11 is 2.10. The van der Waals surface area contributed by atoms with E-state index in [1.165, 1.54) is 19.1 Å². The number of anilines is 1. The molecule has 158 valence electrons. The molecular formula is C22H22INO6. The number of hydrogen-bond donors (Lipinski definition) is 3. The maximum atomic E-state index is 12.4. The van der Waals surface area contributed by atoms with E-state index in [1.54, 1.807) is 36.4 Å². The smallest absolute Gasteiger partial charge is 0.412 e. The number of carbonyl (C=O) groups is 3. The van der Waals surface area contributed by atoms with E-state index in [0.717, 1.165) is 9.65 Å². The highest BCUT2D eigenvalue weighted by Gasteiger charge is 2.20. The molecule has 0 saturated carbocycles. The molecule has 2 aromatic rings. The number of aliphatic carboxylic acids is 1. The number of hydrogen-bond acceptors (Lipinski definition) is 5. The van der Waals surface area contributed by atoms with Crippen LogP contribution in [-0.4, -0.2) is 28.1 Å². The predicted octanol–water partition coefficient (Wildman–Crippen LogP) is 5.30. The van der Waals surface area contributed by atoms with E-state index < -0.39 is 18.2 Å². The Hall–Kier alpha value is -2.88. The highest BCUT2D eigenvalue weighted by Crippen LogP contribution is 2.32. The molecule has 2 rings (SSSR count). The van der Waals surface area contributed by atoms with Gasteiger partial charge in [0.15, 0.2) is 5.78 Å². The van der Waals surface area contributed by atoms with Crippen LogP contribution in [0.1, 0.15) is 48.2 Å². The van der Waals surface area contributed by atoms with Crippen molar-refractivity contribution in [2.75, 3.05) is 5.32 Å². The molecular weight excluding hydrogens is 501 g/mol. The summed E-state index contributed by atoms with van der Waals surface area (Å²) < 4.78 is 6.44. The molecule has 0 aliphatic rings. The first-order valence-electron chi connectivity index (χ1n) is 9.22. The molecule has 8 heteroatoms. The van der Waals surface area contributed by atoms with Crippen LogP contribution in [0.4, 0.5) is 10.5 Å². The molecule has 0 spiro atoms. The number of benzene rings is 2. The van der Waals surface area contributed by atoms with E-state index in [0.29, 0.717) is 36.1 Å². The Labute approximate surface area is 187 Å². The number of carbonyl (C=O) groups excluding carboxylic acids is 2. The third-order valence-corrected chi connectivity index (χ3v) is 4.89. The monoisotopic (exact) mass is 523 g/mol. The predicted molar refractivity (Wildman–Crippen MR) is 121 cm³/mol. The summed E-state index contributed by atoms with van der Waals surface area (Å²) in [5.74, 6) is -1.08. The van der Waals surface area contributed by atoms with Gasteiger partial charge in [0, 0.05) is 26.5 Å². The zero-order chi connectivity index (χ0) is 22.1. The lowest BCUT2D eigenvalue weighted by atomic mass is 10.0. The van der Waals surface area contributed by atoms with Crippen LogP contribution in [0.5, 0.6) is 5.75 Å². The van der Waals surface area contributed by atoms with E-state index in [4.69, 9.17) is 9.84 Å². The highest BCUT2D eigenvalue weighted by atomic mass is 127. The van der Waals surface area contributed by atoms with Crippen molar-refractivity contribution >= 4 is 46.1 Å². The van der Waals surface area contributed by atoms with Gasteiger partial charge in [0.2, 0.25) is 0 Å².